The number of hydrogen-bond acceptors (Lipinski definition) is 1. The van der Waals surface area contributed by atoms with Gasteiger partial charge < -0.3 is 5.11 Å². The third kappa shape index (κ3) is 2.65. The van der Waals surface area contributed by atoms with Gasteiger partial charge in [-0.1, -0.05) is 60.6 Å². The Kier molecular flexibility index (Phi) is 4.82. The molecule has 0 spiro atoms. The smallest absolute Gasteiger partial charge is 0.0594 e. The fourth-order valence-corrected chi connectivity index (χ4v) is 11.4. The van der Waals surface area contributed by atoms with Crippen molar-refractivity contribution in [2.24, 2.45) is 56.7 Å². The maximum atomic E-state index is 10.9. The lowest BCUT2D eigenvalue weighted by Crippen LogP contribution is -2.67. The highest BCUT2D eigenvalue weighted by Crippen LogP contribution is 2.76. The Morgan fingerprint density at radius 1 is 0.774 bits per heavy atom. The Morgan fingerprint density at radius 3 is 2.19 bits per heavy atom. The lowest BCUT2D eigenvalue weighted by Gasteiger charge is -2.73. The van der Waals surface area contributed by atoms with Crippen LogP contribution in [0.25, 0.3) is 0 Å². The molecule has 0 saturated heterocycles. The quantitative estimate of drug-likeness (QED) is 0.389. The molecule has 1 N–H and O–H groups in total. The van der Waals surface area contributed by atoms with E-state index in [1.165, 1.54) is 63.4 Å². The van der Waals surface area contributed by atoms with Crippen molar-refractivity contribution >= 4 is 0 Å². The zero-order chi connectivity index (χ0) is 22.6. The van der Waals surface area contributed by atoms with Crippen LogP contribution in [0, 0.1) is 56.7 Å². The molecule has 5 rings (SSSR count). The first-order valence-electron chi connectivity index (χ1n) is 13.7. The van der Waals surface area contributed by atoms with Gasteiger partial charge in [-0.3, -0.25) is 0 Å². The maximum Gasteiger partial charge on any atom is 0.0594 e. The second-order valence-electron chi connectivity index (χ2n) is 14.7. The number of allylic oxidation sites excluding steroid dienone is 1. The van der Waals surface area contributed by atoms with E-state index in [0.29, 0.717) is 33.5 Å². The molecule has 5 fully saturated rings. The van der Waals surface area contributed by atoms with Gasteiger partial charge in [-0.25, -0.2) is 0 Å². The van der Waals surface area contributed by atoms with Crippen LogP contribution in [0.2, 0.25) is 0 Å². The van der Waals surface area contributed by atoms with Crippen molar-refractivity contribution in [2.75, 3.05) is 0 Å². The predicted molar refractivity (Wildman–Crippen MR) is 131 cm³/mol. The van der Waals surface area contributed by atoms with Crippen molar-refractivity contribution in [1.29, 1.82) is 0 Å². The molecule has 1 heteroatoms. The molecule has 0 aliphatic heterocycles. The highest BCUT2D eigenvalue weighted by molar-refractivity contribution is 5.21. The van der Waals surface area contributed by atoms with Crippen molar-refractivity contribution in [2.45, 2.75) is 119 Å². The molecule has 0 amide bonds. The summed E-state index contributed by atoms with van der Waals surface area (Å²) in [6, 6.07) is 0. The first kappa shape index (κ1) is 22.5. The number of rotatable bonds is 0. The van der Waals surface area contributed by atoms with Gasteiger partial charge >= 0.3 is 0 Å². The van der Waals surface area contributed by atoms with Crippen LogP contribution >= 0.6 is 0 Å². The Morgan fingerprint density at radius 2 is 1.48 bits per heavy atom. The van der Waals surface area contributed by atoms with E-state index >= 15 is 0 Å². The number of aliphatic hydroxyl groups excluding tert-OH is 1. The summed E-state index contributed by atoms with van der Waals surface area (Å²) >= 11 is 0. The van der Waals surface area contributed by atoms with Crippen LogP contribution in [0.3, 0.4) is 0 Å². The summed E-state index contributed by atoms with van der Waals surface area (Å²) in [5.74, 6) is 3.88. The molecular formula is C30H50O. The van der Waals surface area contributed by atoms with Crippen molar-refractivity contribution < 1.29 is 5.11 Å². The van der Waals surface area contributed by atoms with Crippen molar-refractivity contribution in [3.05, 3.63) is 12.2 Å². The second kappa shape index (κ2) is 6.64. The van der Waals surface area contributed by atoms with Gasteiger partial charge in [-0.2, -0.15) is 0 Å². The fourth-order valence-electron chi connectivity index (χ4n) is 11.4. The molecule has 10 atom stereocenters. The number of hydrogen-bond donors (Lipinski definition) is 1. The van der Waals surface area contributed by atoms with Crippen LogP contribution in [-0.2, 0) is 0 Å². The molecule has 0 aromatic rings. The largest absolute Gasteiger partial charge is 0.393 e. The molecule has 0 radical (unpaired) electrons. The molecule has 10 unspecified atom stereocenters. The van der Waals surface area contributed by atoms with E-state index < -0.39 is 0 Å². The molecule has 0 aromatic heterocycles. The third-order valence-corrected chi connectivity index (χ3v) is 13.6. The summed E-state index contributed by atoms with van der Waals surface area (Å²) in [6.07, 6.45) is 13.2. The highest BCUT2D eigenvalue weighted by Gasteiger charge is 2.69. The first-order valence-corrected chi connectivity index (χ1v) is 13.7. The molecule has 0 aromatic carbocycles. The normalized spacial score (nSPS) is 58.5. The van der Waals surface area contributed by atoms with Crippen LogP contribution in [0.4, 0.5) is 0 Å². The van der Waals surface area contributed by atoms with E-state index in [2.05, 4.69) is 55.0 Å². The molecule has 5 aliphatic rings. The van der Waals surface area contributed by atoms with Gasteiger partial charge in [0.2, 0.25) is 0 Å². The lowest BCUT2D eigenvalue weighted by atomic mass is 9.31. The molecule has 0 heterocycles. The van der Waals surface area contributed by atoms with E-state index in [-0.39, 0.29) is 11.5 Å². The van der Waals surface area contributed by atoms with Crippen LogP contribution in [-0.4, -0.2) is 11.2 Å². The lowest BCUT2D eigenvalue weighted by molar-refractivity contribution is -0.251. The molecule has 5 saturated carbocycles. The van der Waals surface area contributed by atoms with E-state index in [1.807, 2.05) is 0 Å². The van der Waals surface area contributed by atoms with E-state index in [9.17, 15) is 5.11 Å². The van der Waals surface area contributed by atoms with Gasteiger partial charge in [-0.05, 0) is 121 Å². The van der Waals surface area contributed by atoms with Crippen LogP contribution in [0.5, 0.6) is 0 Å². The van der Waals surface area contributed by atoms with Crippen molar-refractivity contribution in [3.63, 3.8) is 0 Å². The summed E-state index contributed by atoms with van der Waals surface area (Å²) < 4.78 is 0. The van der Waals surface area contributed by atoms with Gasteiger partial charge in [0.1, 0.15) is 0 Å². The van der Waals surface area contributed by atoms with Crippen LogP contribution in [0.15, 0.2) is 12.2 Å². The van der Waals surface area contributed by atoms with Gasteiger partial charge in [0.05, 0.1) is 6.10 Å². The zero-order valence-electron chi connectivity index (χ0n) is 21.7. The Labute approximate surface area is 192 Å². The predicted octanol–water partition coefficient (Wildman–Crippen LogP) is 8.02. The van der Waals surface area contributed by atoms with E-state index in [4.69, 9.17) is 0 Å². The molecule has 0 bridgehead atoms. The van der Waals surface area contributed by atoms with Crippen LogP contribution < -0.4 is 0 Å². The summed E-state index contributed by atoms with van der Waals surface area (Å²) in [4.78, 5) is 0. The summed E-state index contributed by atoms with van der Waals surface area (Å²) in [6.45, 7) is 22.6. The Balaban J connectivity index is 1.54. The van der Waals surface area contributed by atoms with E-state index in [0.717, 1.165) is 24.2 Å². The van der Waals surface area contributed by atoms with Crippen LogP contribution in [0.1, 0.15) is 113 Å². The molecule has 5 aliphatic carbocycles. The maximum absolute atomic E-state index is 10.9. The monoisotopic (exact) mass is 426 g/mol. The van der Waals surface area contributed by atoms with Gasteiger partial charge in [0.15, 0.2) is 0 Å². The van der Waals surface area contributed by atoms with Crippen molar-refractivity contribution in [1.82, 2.24) is 0 Å². The average molecular weight is 427 g/mol. The third-order valence-electron chi connectivity index (χ3n) is 13.6. The zero-order valence-corrected chi connectivity index (χ0v) is 21.7. The summed E-state index contributed by atoms with van der Waals surface area (Å²) in [5, 5.41) is 10.9. The Bertz CT molecular complexity index is 766. The molecule has 31 heavy (non-hydrogen) atoms. The minimum atomic E-state index is -0.119. The average Bonchev–Trinajstić information content (AvgIpc) is 2.69. The molecule has 176 valence electrons. The Hall–Kier alpha value is -0.300. The SMILES string of the molecule is C=C1CCC2(C)CCC3(C)C(CCC4C5(C)CCC(O)C(C)(C)C5CCC43C)C2C1C. The number of aliphatic hydroxyl groups is 1. The number of fused-ring (bicyclic) bond motifs is 7. The topological polar surface area (TPSA) is 20.2 Å². The first-order chi connectivity index (χ1) is 14.3. The standard InChI is InChI=1S/C30H50O/c1-19-11-14-27(5)17-18-29(7)21(25(27)20(19)2)9-10-23-28(6)15-13-24(31)26(3,4)22(28)12-16-30(23,29)8/h20-25,31H,1,9-18H2,2-8H3. The fraction of sp³-hybridized carbons (Fsp3) is 0.933. The summed E-state index contributed by atoms with van der Waals surface area (Å²) in [7, 11) is 0. The second-order valence-corrected chi connectivity index (χ2v) is 14.7. The highest BCUT2D eigenvalue weighted by atomic mass is 16.3. The van der Waals surface area contributed by atoms with E-state index in [1.54, 1.807) is 0 Å². The van der Waals surface area contributed by atoms with Gasteiger partial charge in [0, 0.05) is 0 Å². The van der Waals surface area contributed by atoms with Gasteiger partial charge in [0.25, 0.3) is 0 Å². The summed E-state index contributed by atoms with van der Waals surface area (Å²) in [5.41, 5.74) is 3.43. The van der Waals surface area contributed by atoms with Gasteiger partial charge in [-0.15, -0.1) is 0 Å². The minimum absolute atomic E-state index is 0.0623. The van der Waals surface area contributed by atoms with Crippen molar-refractivity contribution in [3.8, 4) is 0 Å². The molecule has 1 nitrogen and oxygen atoms in total. The molecular weight excluding hydrogens is 376 g/mol. The minimum Gasteiger partial charge on any atom is -0.393 e.